The average Bonchev–Trinajstić information content (AvgIpc) is 3.11. The van der Waals surface area contributed by atoms with Gasteiger partial charge >= 0.3 is 23.9 Å². The van der Waals surface area contributed by atoms with Crippen molar-refractivity contribution in [1.29, 1.82) is 0 Å². The molecule has 3 rings (SSSR count). The fourth-order valence-corrected chi connectivity index (χ4v) is 4.30. The minimum atomic E-state index is -0.527. The lowest BCUT2D eigenvalue weighted by atomic mass is 10.2. The summed E-state index contributed by atoms with van der Waals surface area (Å²) in [7, 11) is 0. The molecule has 0 aliphatic rings. The van der Waals surface area contributed by atoms with Crippen LogP contribution >= 0.6 is 0 Å². The number of unbranched alkanes of at least 4 members (excludes halogenated alkanes) is 6. The Morgan fingerprint density at radius 2 is 0.896 bits per heavy atom. The molecular weight excluding hydrogens is 616 g/mol. The van der Waals surface area contributed by atoms with E-state index in [0.29, 0.717) is 67.0 Å². The number of carbonyl (C=O) groups excluding carboxylic acids is 4. The van der Waals surface area contributed by atoms with Crippen molar-refractivity contribution >= 4 is 23.9 Å². The first-order valence-corrected chi connectivity index (χ1v) is 16.3. The topological polar surface area (TPSA) is 124 Å². The molecule has 0 heterocycles. The van der Waals surface area contributed by atoms with Crippen molar-refractivity contribution in [2.45, 2.75) is 64.7 Å². The Bertz CT molecular complexity index is 1430. The molecule has 10 nitrogen and oxygen atoms in total. The van der Waals surface area contributed by atoms with E-state index in [1.807, 2.05) is 0 Å². The summed E-state index contributed by atoms with van der Waals surface area (Å²) in [6.07, 6.45) is 8.72. The first-order valence-electron chi connectivity index (χ1n) is 16.3. The number of esters is 4. The van der Waals surface area contributed by atoms with Crippen LogP contribution in [0.3, 0.4) is 0 Å². The highest BCUT2D eigenvalue weighted by Crippen LogP contribution is 2.22. The molecule has 0 radical (unpaired) electrons. The van der Waals surface area contributed by atoms with Crippen LogP contribution in [0.2, 0.25) is 0 Å². The van der Waals surface area contributed by atoms with Gasteiger partial charge in [-0.25, -0.2) is 14.4 Å². The highest BCUT2D eigenvalue weighted by Gasteiger charge is 2.12. The van der Waals surface area contributed by atoms with Gasteiger partial charge in [0.25, 0.3) is 0 Å². The normalized spacial score (nSPS) is 10.4. The maximum Gasteiger partial charge on any atom is 0.343 e. The molecule has 3 aromatic rings. The fourth-order valence-electron chi connectivity index (χ4n) is 4.30. The predicted octanol–water partition coefficient (Wildman–Crippen LogP) is 7.69. The van der Waals surface area contributed by atoms with E-state index in [2.05, 4.69) is 6.58 Å². The van der Waals surface area contributed by atoms with Crippen molar-refractivity contribution < 1.29 is 47.6 Å². The van der Waals surface area contributed by atoms with E-state index in [1.165, 1.54) is 0 Å². The molecule has 0 bridgehead atoms. The van der Waals surface area contributed by atoms with Crippen molar-refractivity contribution in [2.75, 3.05) is 26.4 Å². The van der Waals surface area contributed by atoms with Crippen LogP contribution in [0.4, 0.5) is 0 Å². The van der Waals surface area contributed by atoms with E-state index in [0.717, 1.165) is 57.4 Å². The Kier molecular flexibility index (Phi) is 16.8. The van der Waals surface area contributed by atoms with Gasteiger partial charge in [-0.1, -0.05) is 13.5 Å². The zero-order chi connectivity index (χ0) is 34.4. The minimum Gasteiger partial charge on any atom is -0.494 e. The van der Waals surface area contributed by atoms with Gasteiger partial charge in [-0.15, -0.1) is 0 Å². The smallest absolute Gasteiger partial charge is 0.343 e. The highest BCUT2D eigenvalue weighted by molar-refractivity contribution is 5.92. The van der Waals surface area contributed by atoms with Crippen LogP contribution in [0.25, 0.3) is 0 Å². The van der Waals surface area contributed by atoms with Crippen LogP contribution in [0, 0.1) is 0 Å². The molecule has 10 heteroatoms. The van der Waals surface area contributed by atoms with Gasteiger partial charge in [0.2, 0.25) is 0 Å². The fraction of sp³-hybridized carbons (Fsp3) is 0.368. The van der Waals surface area contributed by atoms with E-state index in [1.54, 1.807) is 79.7 Å². The Labute approximate surface area is 281 Å². The van der Waals surface area contributed by atoms with Gasteiger partial charge in [0.1, 0.15) is 23.0 Å². The van der Waals surface area contributed by atoms with Crippen molar-refractivity contribution in [2.24, 2.45) is 0 Å². The summed E-state index contributed by atoms with van der Waals surface area (Å²) in [5, 5.41) is 0. The molecule has 48 heavy (non-hydrogen) atoms. The summed E-state index contributed by atoms with van der Waals surface area (Å²) in [5.74, 6) is 0.295. The SMILES string of the molecule is C=CC(=O)OCCCCCCOc1ccc(C(=O)Oc2ccc(OC(=O)c3ccc(OCCCCCCOC(=O)CC)cc3)cc2)cc1. The molecular formula is C38H44O10. The quantitative estimate of drug-likeness (QED) is 0.0459. The summed E-state index contributed by atoms with van der Waals surface area (Å²) in [4.78, 5) is 47.3. The first kappa shape index (κ1) is 37.3. The summed E-state index contributed by atoms with van der Waals surface area (Å²) < 4.78 is 32.4. The lowest BCUT2D eigenvalue weighted by Crippen LogP contribution is -2.10. The zero-order valence-electron chi connectivity index (χ0n) is 27.5. The van der Waals surface area contributed by atoms with Gasteiger partial charge < -0.3 is 28.4 Å². The lowest BCUT2D eigenvalue weighted by molar-refractivity contribution is -0.143. The average molecular weight is 661 g/mol. The van der Waals surface area contributed by atoms with Gasteiger partial charge in [-0.05, 0) is 124 Å². The number of hydrogen-bond donors (Lipinski definition) is 0. The Morgan fingerprint density at radius 3 is 1.29 bits per heavy atom. The monoisotopic (exact) mass is 660 g/mol. The Morgan fingerprint density at radius 1 is 0.521 bits per heavy atom. The molecule has 0 spiro atoms. The number of benzene rings is 3. The third kappa shape index (κ3) is 14.5. The standard InChI is InChI=1S/C38H44O10/c1-3-35(39)45-27-11-7-5-9-25-43-31-17-13-29(14-18-31)37(41)47-33-21-23-34(24-22-33)48-38(42)30-15-19-32(20-16-30)44-26-10-6-8-12-28-46-36(40)4-2/h3,13-24H,1,4-12,25-28H2,2H3. The number of carbonyl (C=O) groups is 4. The van der Waals surface area contributed by atoms with E-state index < -0.39 is 17.9 Å². The predicted molar refractivity (Wildman–Crippen MR) is 180 cm³/mol. The van der Waals surface area contributed by atoms with Gasteiger partial charge in [-0.2, -0.15) is 0 Å². The van der Waals surface area contributed by atoms with E-state index in [4.69, 9.17) is 28.4 Å². The van der Waals surface area contributed by atoms with Gasteiger partial charge in [0.05, 0.1) is 37.6 Å². The van der Waals surface area contributed by atoms with Crippen LogP contribution in [-0.2, 0) is 19.1 Å². The zero-order valence-corrected chi connectivity index (χ0v) is 27.5. The molecule has 0 saturated carbocycles. The van der Waals surface area contributed by atoms with Crippen molar-refractivity contribution in [3.05, 3.63) is 96.6 Å². The molecule has 0 aromatic heterocycles. The van der Waals surface area contributed by atoms with Crippen LogP contribution in [0.5, 0.6) is 23.0 Å². The van der Waals surface area contributed by atoms with Crippen LogP contribution in [-0.4, -0.2) is 50.3 Å². The largest absolute Gasteiger partial charge is 0.494 e. The highest BCUT2D eigenvalue weighted by atomic mass is 16.5. The maximum absolute atomic E-state index is 12.6. The molecule has 3 aromatic carbocycles. The van der Waals surface area contributed by atoms with Gasteiger partial charge in [-0.3, -0.25) is 4.79 Å². The molecule has 0 amide bonds. The molecule has 0 unspecified atom stereocenters. The van der Waals surface area contributed by atoms with E-state index in [-0.39, 0.29) is 5.97 Å². The Hall–Kier alpha value is -5.12. The molecule has 0 aliphatic carbocycles. The van der Waals surface area contributed by atoms with Crippen LogP contribution in [0.15, 0.2) is 85.5 Å². The third-order valence-corrected chi connectivity index (χ3v) is 7.00. The lowest BCUT2D eigenvalue weighted by Gasteiger charge is -2.09. The molecule has 0 fully saturated rings. The van der Waals surface area contributed by atoms with Crippen LogP contribution < -0.4 is 18.9 Å². The van der Waals surface area contributed by atoms with Crippen molar-refractivity contribution in [3.63, 3.8) is 0 Å². The Balaban J connectivity index is 1.31. The van der Waals surface area contributed by atoms with E-state index in [9.17, 15) is 19.2 Å². The summed E-state index contributed by atoms with van der Waals surface area (Å²) in [6, 6.07) is 19.6. The second-order valence-electron chi connectivity index (χ2n) is 10.8. The first-order chi connectivity index (χ1) is 23.4. The minimum absolute atomic E-state index is 0.170. The second kappa shape index (κ2) is 21.6. The van der Waals surface area contributed by atoms with Gasteiger partial charge in [0, 0.05) is 12.5 Å². The molecule has 0 saturated heterocycles. The van der Waals surface area contributed by atoms with Crippen LogP contribution in [0.1, 0.15) is 85.4 Å². The second-order valence-corrected chi connectivity index (χ2v) is 10.8. The number of hydrogen-bond acceptors (Lipinski definition) is 10. The summed E-state index contributed by atoms with van der Waals surface area (Å²) in [5.41, 5.74) is 0.738. The molecule has 0 aliphatic heterocycles. The number of rotatable bonds is 22. The van der Waals surface area contributed by atoms with Crippen molar-refractivity contribution in [3.8, 4) is 23.0 Å². The molecule has 0 N–H and O–H groups in total. The van der Waals surface area contributed by atoms with E-state index >= 15 is 0 Å². The molecule has 256 valence electrons. The number of ether oxygens (including phenoxy) is 6. The summed E-state index contributed by atoms with van der Waals surface area (Å²) >= 11 is 0. The summed E-state index contributed by atoms with van der Waals surface area (Å²) in [6.45, 7) is 7.07. The molecule has 0 atom stereocenters. The third-order valence-electron chi connectivity index (χ3n) is 7.00. The van der Waals surface area contributed by atoms with Gasteiger partial charge in [0.15, 0.2) is 0 Å². The maximum atomic E-state index is 12.6. The van der Waals surface area contributed by atoms with Crippen molar-refractivity contribution in [1.82, 2.24) is 0 Å².